The standard InChI is InChI=1S/C11H17N3O2S/c1-9(11-8-12-4-5-13-11)14-10-2-6-17(15,16)7-3-10/h4-5,8-10,14H,2-3,6-7H2,1H3. The van der Waals surface area contributed by atoms with Crippen LogP contribution in [0.4, 0.5) is 0 Å². The number of aromatic nitrogens is 2. The summed E-state index contributed by atoms with van der Waals surface area (Å²) in [4.78, 5) is 8.25. The van der Waals surface area contributed by atoms with E-state index in [1.165, 1.54) is 0 Å². The minimum absolute atomic E-state index is 0.106. The topological polar surface area (TPSA) is 72.0 Å². The molecule has 94 valence electrons. The van der Waals surface area contributed by atoms with Crippen molar-refractivity contribution < 1.29 is 8.42 Å². The summed E-state index contributed by atoms with van der Waals surface area (Å²) in [7, 11) is -2.78. The minimum Gasteiger partial charge on any atom is -0.306 e. The Balaban J connectivity index is 1.90. The molecule has 1 fully saturated rings. The van der Waals surface area contributed by atoms with Gasteiger partial charge in [0.1, 0.15) is 9.84 Å². The third-order valence-electron chi connectivity index (χ3n) is 3.07. The number of nitrogens with one attached hydrogen (secondary N) is 1. The van der Waals surface area contributed by atoms with Gasteiger partial charge in [-0.05, 0) is 19.8 Å². The van der Waals surface area contributed by atoms with Crippen molar-refractivity contribution in [1.82, 2.24) is 15.3 Å². The van der Waals surface area contributed by atoms with Gasteiger partial charge in [-0.2, -0.15) is 0 Å². The van der Waals surface area contributed by atoms with Crippen molar-refractivity contribution in [3.8, 4) is 0 Å². The normalized spacial score (nSPS) is 22.2. The summed E-state index contributed by atoms with van der Waals surface area (Å²) in [5, 5.41) is 3.41. The quantitative estimate of drug-likeness (QED) is 0.861. The molecule has 0 aliphatic carbocycles. The van der Waals surface area contributed by atoms with E-state index in [0.29, 0.717) is 12.8 Å². The molecule has 1 aromatic heterocycles. The van der Waals surface area contributed by atoms with Crippen LogP contribution in [0.1, 0.15) is 31.5 Å². The summed E-state index contributed by atoms with van der Waals surface area (Å²) in [6, 6.07) is 0.366. The highest BCUT2D eigenvalue weighted by Gasteiger charge is 2.24. The summed E-state index contributed by atoms with van der Waals surface area (Å²) in [5.74, 6) is 0.579. The Morgan fingerprint density at radius 1 is 1.35 bits per heavy atom. The van der Waals surface area contributed by atoms with Gasteiger partial charge < -0.3 is 5.32 Å². The van der Waals surface area contributed by atoms with Crippen LogP contribution >= 0.6 is 0 Å². The van der Waals surface area contributed by atoms with Gasteiger partial charge in [0.2, 0.25) is 0 Å². The van der Waals surface area contributed by atoms with Gasteiger partial charge in [0.25, 0.3) is 0 Å². The molecule has 0 radical (unpaired) electrons. The van der Waals surface area contributed by atoms with Gasteiger partial charge >= 0.3 is 0 Å². The zero-order valence-corrected chi connectivity index (χ0v) is 10.7. The Morgan fingerprint density at radius 3 is 2.65 bits per heavy atom. The lowest BCUT2D eigenvalue weighted by atomic mass is 10.1. The van der Waals surface area contributed by atoms with Crippen LogP contribution in [0.2, 0.25) is 0 Å². The second kappa shape index (κ2) is 5.10. The van der Waals surface area contributed by atoms with E-state index >= 15 is 0 Å². The zero-order valence-electron chi connectivity index (χ0n) is 9.83. The molecule has 0 spiro atoms. The molecule has 1 unspecified atom stereocenters. The molecule has 2 rings (SSSR count). The number of hydrogen-bond donors (Lipinski definition) is 1. The first-order valence-electron chi connectivity index (χ1n) is 5.79. The van der Waals surface area contributed by atoms with E-state index in [1.807, 2.05) is 6.92 Å². The van der Waals surface area contributed by atoms with Crippen molar-refractivity contribution in [2.24, 2.45) is 0 Å². The molecular formula is C11H17N3O2S. The van der Waals surface area contributed by atoms with Gasteiger partial charge in [0.15, 0.2) is 0 Å². The minimum atomic E-state index is -2.78. The predicted molar refractivity (Wildman–Crippen MR) is 65.3 cm³/mol. The molecule has 6 heteroatoms. The Hall–Kier alpha value is -1.01. The van der Waals surface area contributed by atoms with Gasteiger partial charge in [0, 0.05) is 30.7 Å². The molecule has 0 bridgehead atoms. The molecule has 17 heavy (non-hydrogen) atoms. The molecular weight excluding hydrogens is 238 g/mol. The van der Waals surface area contributed by atoms with E-state index in [4.69, 9.17) is 0 Å². The van der Waals surface area contributed by atoms with Gasteiger partial charge in [-0.15, -0.1) is 0 Å². The van der Waals surface area contributed by atoms with Crippen molar-refractivity contribution in [3.05, 3.63) is 24.3 Å². The largest absolute Gasteiger partial charge is 0.306 e. The van der Waals surface area contributed by atoms with Crippen molar-refractivity contribution in [2.75, 3.05) is 11.5 Å². The van der Waals surface area contributed by atoms with Gasteiger partial charge in [-0.1, -0.05) is 0 Å². The number of nitrogens with zero attached hydrogens (tertiary/aromatic N) is 2. The van der Waals surface area contributed by atoms with E-state index in [1.54, 1.807) is 18.6 Å². The van der Waals surface area contributed by atoms with Crippen LogP contribution in [0.25, 0.3) is 0 Å². The van der Waals surface area contributed by atoms with Crippen LogP contribution in [0.3, 0.4) is 0 Å². The lowest BCUT2D eigenvalue weighted by molar-refractivity contribution is 0.415. The smallest absolute Gasteiger partial charge is 0.150 e. The first-order chi connectivity index (χ1) is 8.07. The summed E-state index contributed by atoms with van der Waals surface area (Å²) < 4.78 is 22.6. The summed E-state index contributed by atoms with van der Waals surface area (Å²) in [6.45, 7) is 2.02. The Kier molecular flexibility index (Phi) is 3.73. The number of rotatable bonds is 3. The number of sulfone groups is 1. The maximum Gasteiger partial charge on any atom is 0.150 e. The average molecular weight is 255 g/mol. The van der Waals surface area contributed by atoms with E-state index in [0.717, 1.165) is 5.69 Å². The summed E-state index contributed by atoms with van der Waals surface area (Å²) in [5.41, 5.74) is 0.890. The fourth-order valence-electron chi connectivity index (χ4n) is 2.03. The van der Waals surface area contributed by atoms with Crippen molar-refractivity contribution in [2.45, 2.75) is 31.8 Å². The van der Waals surface area contributed by atoms with Crippen molar-refractivity contribution >= 4 is 9.84 Å². The van der Waals surface area contributed by atoms with E-state index in [9.17, 15) is 8.42 Å². The highest BCUT2D eigenvalue weighted by Crippen LogP contribution is 2.16. The maximum atomic E-state index is 11.3. The Morgan fingerprint density at radius 2 is 2.06 bits per heavy atom. The van der Waals surface area contributed by atoms with Crippen molar-refractivity contribution in [1.29, 1.82) is 0 Å². The summed E-state index contributed by atoms with van der Waals surface area (Å²) in [6.07, 6.45) is 6.42. The monoisotopic (exact) mass is 255 g/mol. The molecule has 1 saturated heterocycles. The molecule has 1 aliphatic rings. The zero-order chi connectivity index (χ0) is 12.3. The SMILES string of the molecule is CC(NC1CCS(=O)(=O)CC1)c1cnccn1. The third-order valence-corrected chi connectivity index (χ3v) is 4.78. The van der Waals surface area contributed by atoms with Gasteiger partial charge in [0.05, 0.1) is 17.2 Å². The van der Waals surface area contributed by atoms with Gasteiger partial charge in [-0.3, -0.25) is 9.97 Å². The highest BCUT2D eigenvalue weighted by molar-refractivity contribution is 7.91. The lowest BCUT2D eigenvalue weighted by Crippen LogP contribution is -2.39. The third kappa shape index (κ3) is 3.47. The highest BCUT2D eigenvalue weighted by atomic mass is 32.2. The molecule has 0 aromatic carbocycles. The van der Waals surface area contributed by atoms with Crippen LogP contribution in [0.5, 0.6) is 0 Å². The average Bonchev–Trinajstić information content (AvgIpc) is 2.33. The van der Waals surface area contributed by atoms with Crippen LogP contribution in [-0.4, -0.2) is 35.9 Å². The first-order valence-corrected chi connectivity index (χ1v) is 7.61. The number of hydrogen-bond acceptors (Lipinski definition) is 5. The lowest BCUT2D eigenvalue weighted by Gasteiger charge is -2.26. The summed E-state index contributed by atoms with van der Waals surface area (Å²) >= 11 is 0. The Labute approximate surface area is 102 Å². The van der Waals surface area contributed by atoms with Crippen LogP contribution in [0, 0.1) is 0 Å². The van der Waals surface area contributed by atoms with Crippen LogP contribution in [-0.2, 0) is 9.84 Å². The van der Waals surface area contributed by atoms with Crippen molar-refractivity contribution in [3.63, 3.8) is 0 Å². The van der Waals surface area contributed by atoms with Gasteiger partial charge in [-0.25, -0.2) is 8.42 Å². The second-order valence-corrected chi connectivity index (χ2v) is 6.75. The van der Waals surface area contributed by atoms with Crippen LogP contribution < -0.4 is 5.32 Å². The molecule has 0 saturated carbocycles. The first kappa shape index (κ1) is 12.4. The fraction of sp³-hybridized carbons (Fsp3) is 0.636. The second-order valence-electron chi connectivity index (χ2n) is 4.44. The van der Waals surface area contributed by atoms with Crippen LogP contribution in [0.15, 0.2) is 18.6 Å². The molecule has 5 nitrogen and oxygen atoms in total. The molecule has 1 aromatic rings. The van der Waals surface area contributed by atoms with E-state index in [-0.39, 0.29) is 23.6 Å². The molecule has 2 heterocycles. The predicted octanol–water partition coefficient (Wildman–Crippen LogP) is 0.704. The maximum absolute atomic E-state index is 11.3. The molecule has 1 aliphatic heterocycles. The van der Waals surface area contributed by atoms with E-state index < -0.39 is 9.84 Å². The Bertz CT molecular complexity index is 447. The molecule has 1 N–H and O–H groups in total. The van der Waals surface area contributed by atoms with E-state index in [2.05, 4.69) is 15.3 Å². The molecule has 0 amide bonds. The molecule has 1 atom stereocenters. The fourth-order valence-corrected chi connectivity index (χ4v) is 3.52.